The molecule has 1 N–H and O–H groups in total. The van der Waals surface area contributed by atoms with Crippen molar-refractivity contribution in [2.75, 3.05) is 13.6 Å². The number of likely N-dealkylation sites (N-methyl/N-ethyl adjacent to an activating group) is 1. The molecule has 0 saturated heterocycles. The zero-order valence-corrected chi connectivity index (χ0v) is 10.9. The fraction of sp³-hybridized carbons (Fsp3) is 0.308. The smallest absolute Gasteiger partial charge is 0.257 e. The number of rotatable bonds is 2. The van der Waals surface area contributed by atoms with Crippen molar-refractivity contribution < 1.29 is 14.0 Å². The molecule has 3 rings (SSSR count). The maximum absolute atomic E-state index is 12.4. The van der Waals surface area contributed by atoms with Gasteiger partial charge in [-0.15, -0.1) is 0 Å². The van der Waals surface area contributed by atoms with Gasteiger partial charge in [-0.3, -0.25) is 9.59 Å². The number of carbonyl (C=O) groups is 2. The number of amides is 2. The molecule has 104 valence electrons. The molecule has 0 spiro atoms. The summed E-state index contributed by atoms with van der Waals surface area (Å²) in [5.74, 6) is -0.297. The van der Waals surface area contributed by atoms with Crippen molar-refractivity contribution in [2.45, 2.75) is 12.6 Å². The van der Waals surface area contributed by atoms with Crippen LogP contribution in [0.25, 0.3) is 0 Å². The highest BCUT2D eigenvalue weighted by Gasteiger charge is 2.32. The van der Waals surface area contributed by atoms with Crippen molar-refractivity contribution >= 4 is 11.8 Å². The highest BCUT2D eigenvalue weighted by molar-refractivity contribution is 5.94. The molecule has 0 radical (unpaired) electrons. The van der Waals surface area contributed by atoms with Crippen LogP contribution in [-0.2, 0) is 11.3 Å². The molecule has 2 aromatic heterocycles. The summed E-state index contributed by atoms with van der Waals surface area (Å²) < 4.78 is 6.74. The van der Waals surface area contributed by atoms with Gasteiger partial charge in [0.25, 0.3) is 5.91 Å². The topological polar surface area (TPSA) is 80.4 Å². The first-order valence-corrected chi connectivity index (χ1v) is 6.24. The number of carbonyl (C=O) groups excluding carboxylic acids is 2. The van der Waals surface area contributed by atoms with Gasteiger partial charge in [-0.05, 0) is 6.07 Å². The summed E-state index contributed by atoms with van der Waals surface area (Å²) in [6, 6.07) is 1.16. The van der Waals surface area contributed by atoms with Crippen LogP contribution in [0.15, 0.2) is 35.5 Å². The maximum Gasteiger partial charge on any atom is 0.257 e. The van der Waals surface area contributed by atoms with Crippen LogP contribution < -0.4 is 5.32 Å². The molecular formula is C13H14N4O3. The van der Waals surface area contributed by atoms with E-state index in [4.69, 9.17) is 4.42 Å². The number of nitrogens with one attached hydrogen (secondary N) is 1. The van der Waals surface area contributed by atoms with Gasteiger partial charge >= 0.3 is 0 Å². The van der Waals surface area contributed by atoms with Gasteiger partial charge in [0.05, 0.1) is 36.9 Å². The van der Waals surface area contributed by atoms with Crippen LogP contribution in [0.3, 0.4) is 0 Å². The molecule has 0 aliphatic carbocycles. The third-order valence-corrected chi connectivity index (χ3v) is 3.43. The number of hydrogen-bond acceptors (Lipinski definition) is 4. The van der Waals surface area contributed by atoms with Crippen LogP contribution in [-0.4, -0.2) is 39.9 Å². The summed E-state index contributed by atoms with van der Waals surface area (Å²) >= 11 is 0. The molecule has 0 bridgehead atoms. The second kappa shape index (κ2) is 4.84. The van der Waals surface area contributed by atoms with E-state index in [1.54, 1.807) is 35.1 Å². The Balaban J connectivity index is 1.90. The minimum atomic E-state index is -0.456. The maximum atomic E-state index is 12.4. The Hall–Kier alpha value is -2.57. The molecule has 2 amide bonds. The third-order valence-electron chi connectivity index (χ3n) is 3.43. The number of aromatic nitrogens is 2. The Bertz CT molecular complexity index is 632. The van der Waals surface area contributed by atoms with Crippen molar-refractivity contribution in [3.63, 3.8) is 0 Å². The molecule has 1 aliphatic heterocycles. The summed E-state index contributed by atoms with van der Waals surface area (Å²) in [4.78, 5) is 30.0. The normalized spacial score (nSPS) is 17.6. The van der Waals surface area contributed by atoms with E-state index in [9.17, 15) is 9.59 Å². The first-order valence-electron chi connectivity index (χ1n) is 6.24. The van der Waals surface area contributed by atoms with E-state index in [1.165, 1.54) is 12.5 Å². The van der Waals surface area contributed by atoms with Crippen LogP contribution >= 0.6 is 0 Å². The monoisotopic (exact) mass is 274 g/mol. The van der Waals surface area contributed by atoms with Gasteiger partial charge in [0, 0.05) is 13.2 Å². The minimum absolute atomic E-state index is 0.144. The fourth-order valence-electron chi connectivity index (χ4n) is 2.39. The Labute approximate surface area is 115 Å². The van der Waals surface area contributed by atoms with Crippen molar-refractivity contribution in [1.29, 1.82) is 0 Å². The lowest BCUT2D eigenvalue weighted by Gasteiger charge is -2.33. The molecule has 1 atom stereocenters. The van der Waals surface area contributed by atoms with Crippen molar-refractivity contribution in [1.82, 2.24) is 19.8 Å². The van der Waals surface area contributed by atoms with Crippen LogP contribution in [0.5, 0.6) is 0 Å². The third kappa shape index (κ3) is 1.97. The van der Waals surface area contributed by atoms with Crippen LogP contribution in [0.1, 0.15) is 22.1 Å². The van der Waals surface area contributed by atoms with E-state index < -0.39 is 6.04 Å². The van der Waals surface area contributed by atoms with Gasteiger partial charge < -0.3 is 19.2 Å². The van der Waals surface area contributed by atoms with Crippen LogP contribution in [0, 0.1) is 0 Å². The largest absolute Gasteiger partial charge is 0.472 e. The van der Waals surface area contributed by atoms with E-state index in [1.807, 2.05) is 0 Å². The van der Waals surface area contributed by atoms with Crippen LogP contribution in [0.4, 0.5) is 0 Å². The lowest BCUT2D eigenvalue weighted by molar-refractivity contribution is -0.124. The van der Waals surface area contributed by atoms with Gasteiger partial charge in [0.1, 0.15) is 12.3 Å². The van der Waals surface area contributed by atoms with Crippen molar-refractivity contribution in [3.8, 4) is 0 Å². The minimum Gasteiger partial charge on any atom is -0.472 e. The average molecular weight is 274 g/mol. The number of fused-ring (bicyclic) bond motifs is 1. The van der Waals surface area contributed by atoms with E-state index in [0.29, 0.717) is 18.7 Å². The summed E-state index contributed by atoms with van der Waals surface area (Å²) in [5.41, 5.74) is 1.32. The SMILES string of the molecule is CNC(=O)[C@@H]1CN(C(=O)c2ccoc2)Cc2cncn21. The lowest BCUT2D eigenvalue weighted by Crippen LogP contribution is -2.45. The van der Waals surface area contributed by atoms with Crippen LogP contribution in [0.2, 0.25) is 0 Å². The van der Waals surface area contributed by atoms with Gasteiger partial charge in [-0.25, -0.2) is 4.98 Å². The molecule has 20 heavy (non-hydrogen) atoms. The molecule has 7 heteroatoms. The fourth-order valence-corrected chi connectivity index (χ4v) is 2.39. The molecule has 0 aromatic carbocycles. The summed E-state index contributed by atoms with van der Waals surface area (Å²) in [5, 5.41) is 2.62. The Morgan fingerprint density at radius 2 is 2.35 bits per heavy atom. The Morgan fingerprint density at radius 1 is 1.50 bits per heavy atom. The molecule has 0 fully saturated rings. The molecule has 7 nitrogen and oxygen atoms in total. The average Bonchev–Trinajstić information content (AvgIpc) is 3.15. The quantitative estimate of drug-likeness (QED) is 0.860. The zero-order chi connectivity index (χ0) is 14.1. The van der Waals surface area contributed by atoms with Crippen molar-refractivity contribution in [3.05, 3.63) is 42.4 Å². The standard InChI is InChI=1S/C13H14N4O3/c1-14-12(18)11-6-16(5-10-4-15-8-17(10)11)13(19)9-2-3-20-7-9/h2-4,7-8,11H,5-6H2,1H3,(H,14,18)/t11-/m0/s1. The Kier molecular flexibility index (Phi) is 3.02. The molecule has 0 saturated carbocycles. The van der Waals surface area contributed by atoms with Gasteiger partial charge in [0.15, 0.2) is 0 Å². The van der Waals surface area contributed by atoms with E-state index in [2.05, 4.69) is 10.3 Å². The second-order valence-corrected chi connectivity index (χ2v) is 4.62. The van der Waals surface area contributed by atoms with Gasteiger partial charge in [0.2, 0.25) is 5.91 Å². The molecule has 3 heterocycles. The number of nitrogens with zero attached hydrogens (tertiary/aromatic N) is 3. The molecule has 2 aromatic rings. The molecular weight excluding hydrogens is 260 g/mol. The number of furan rings is 1. The summed E-state index contributed by atoms with van der Waals surface area (Å²) in [6.07, 6.45) is 6.15. The Morgan fingerprint density at radius 3 is 3.05 bits per heavy atom. The highest BCUT2D eigenvalue weighted by atomic mass is 16.3. The number of hydrogen-bond donors (Lipinski definition) is 1. The molecule has 0 unspecified atom stereocenters. The number of imidazole rings is 1. The van der Waals surface area contributed by atoms with Crippen molar-refractivity contribution in [2.24, 2.45) is 0 Å². The van der Waals surface area contributed by atoms with E-state index in [0.717, 1.165) is 5.69 Å². The second-order valence-electron chi connectivity index (χ2n) is 4.62. The summed E-state index contributed by atoms with van der Waals surface area (Å²) in [7, 11) is 1.58. The highest BCUT2D eigenvalue weighted by Crippen LogP contribution is 2.22. The lowest BCUT2D eigenvalue weighted by atomic mass is 10.1. The summed E-state index contributed by atoms with van der Waals surface area (Å²) in [6.45, 7) is 0.741. The van der Waals surface area contributed by atoms with Gasteiger partial charge in [-0.2, -0.15) is 0 Å². The van der Waals surface area contributed by atoms with E-state index in [-0.39, 0.29) is 11.8 Å². The van der Waals surface area contributed by atoms with E-state index >= 15 is 0 Å². The molecule has 1 aliphatic rings. The first-order chi connectivity index (χ1) is 9.70. The first kappa shape index (κ1) is 12.5. The zero-order valence-electron chi connectivity index (χ0n) is 10.9. The predicted octanol–water partition coefficient (Wildman–Crippen LogP) is 0.419. The predicted molar refractivity (Wildman–Crippen MR) is 68.8 cm³/mol. The van der Waals surface area contributed by atoms with Gasteiger partial charge in [-0.1, -0.05) is 0 Å².